The minimum Gasteiger partial charge on any atom is -0.336 e. The van der Waals surface area contributed by atoms with E-state index in [1.807, 2.05) is 24.7 Å². The predicted molar refractivity (Wildman–Crippen MR) is 83.3 cm³/mol. The van der Waals surface area contributed by atoms with Gasteiger partial charge in [0.05, 0.1) is 17.8 Å². The molecule has 2 atom stereocenters. The number of aromatic nitrogens is 4. The summed E-state index contributed by atoms with van der Waals surface area (Å²) in [6, 6.07) is -0.354. The highest BCUT2D eigenvalue weighted by Gasteiger charge is 2.41. The number of carbonyl (C=O) groups excluding carboxylic acids is 2. The summed E-state index contributed by atoms with van der Waals surface area (Å²) < 4.78 is 1.87. The number of amides is 2. The van der Waals surface area contributed by atoms with Gasteiger partial charge in [-0.15, -0.1) is 0 Å². The molecule has 1 saturated heterocycles. The summed E-state index contributed by atoms with van der Waals surface area (Å²) in [6.45, 7) is 2.47. The maximum Gasteiger partial charge on any atom is 0.230 e. The number of rotatable bonds is 4. The van der Waals surface area contributed by atoms with Crippen molar-refractivity contribution in [2.24, 2.45) is 13.0 Å². The number of piperidine rings is 1. The molecule has 122 valence electrons. The molecule has 0 aromatic carbocycles. The lowest BCUT2D eigenvalue weighted by Crippen LogP contribution is -2.47. The van der Waals surface area contributed by atoms with Gasteiger partial charge in [-0.25, -0.2) is 4.98 Å². The van der Waals surface area contributed by atoms with Crippen LogP contribution in [0.1, 0.15) is 31.6 Å². The molecule has 0 unspecified atom stereocenters. The van der Waals surface area contributed by atoms with Gasteiger partial charge in [0.15, 0.2) is 0 Å². The van der Waals surface area contributed by atoms with Crippen LogP contribution < -0.4 is 5.32 Å². The number of aryl methyl sites for hydroxylation is 1. The molecule has 2 amide bonds. The largest absolute Gasteiger partial charge is 0.336 e. The lowest BCUT2D eigenvalue weighted by atomic mass is 9.87. The molecule has 23 heavy (non-hydrogen) atoms. The quantitative estimate of drug-likeness (QED) is 0.882. The van der Waals surface area contributed by atoms with E-state index >= 15 is 0 Å². The first-order chi connectivity index (χ1) is 11.1. The molecule has 1 aliphatic heterocycles. The van der Waals surface area contributed by atoms with Gasteiger partial charge in [0.1, 0.15) is 11.9 Å². The van der Waals surface area contributed by atoms with Crippen molar-refractivity contribution >= 4 is 17.5 Å². The number of hydrogen-bond acceptors (Lipinski definition) is 4. The van der Waals surface area contributed by atoms with Gasteiger partial charge < -0.3 is 14.8 Å². The van der Waals surface area contributed by atoms with Gasteiger partial charge in [-0.3, -0.25) is 14.7 Å². The Balaban J connectivity index is 1.91. The number of anilines is 1. The fourth-order valence-electron chi connectivity index (χ4n) is 3.14. The molecule has 0 aliphatic carbocycles. The summed E-state index contributed by atoms with van der Waals surface area (Å²) in [4.78, 5) is 31.1. The molecule has 8 nitrogen and oxygen atoms in total. The molecule has 1 fully saturated rings. The third-order valence-corrected chi connectivity index (χ3v) is 4.27. The molecule has 2 aromatic rings. The maximum absolute atomic E-state index is 12.7. The Hall–Kier alpha value is -2.64. The minimum absolute atomic E-state index is 0.0628. The zero-order valence-corrected chi connectivity index (χ0v) is 13.2. The summed E-state index contributed by atoms with van der Waals surface area (Å²) in [5, 5.41) is 9.35. The topological polar surface area (TPSA) is 95.9 Å². The van der Waals surface area contributed by atoms with E-state index in [0.29, 0.717) is 25.1 Å². The first-order valence-electron chi connectivity index (χ1n) is 7.68. The van der Waals surface area contributed by atoms with Gasteiger partial charge >= 0.3 is 0 Å². The van der Waals surface area contributed by atoms with Crippen LogP contribution in [0.15, 0.2) is 24.8 Å². The number of imidazole rings is 1. The van der Waals surface area contributed by atoms with Gasteiger partial charge in [-0.2, -0.15) is 5.10 Å². The van der Waals surface area contributed by atoms with Gasteiger partial charge in [-0.05, 0) is 13.3 Å². The molecule has 3 rings (SSSR count). The summed E-state index contributed by atoms with van der Waals surface area (Å²) in [5.41, 5.74) is 0.619. The fraction of sp³-hybridized carbons (Fsp3) is 0.467. The second-order valence-corrected chi connectivity index (χ2v) is 5.64. The number of carbonyl (C=O) groups is 2. The summed E-state index contributed by atoms with van der Waals surface area (Å²) in [5.74, 6) is 0.328. The Morgan fingerprint density at radius 2 is 2.35 bits per heavy atom. The second kappa shape index (κ2) is 6.23. The lowest BCUT2D eigenvalue weighted by Gasteiger charge is -2.39. The highest BCUT2D eigenvalue weighted by Crippen LogP contribution is 2.36. The number of aromatic amines is 1. The molecule has 3 heterocycles. The predicted octanol–water partition coefficient (Wildman–Crippen LogP) is 1.08. The van der Waals surface area contributed by atoms with E-state index in [-0.39, 0.29) is 23.8 Å². The van der Waals surface area contributed by atoms with Crippen LogP contribution in [0, 0.1) is 5.92 Å². The average molecular weight is 316 g/mol. The number of likely N-dealkylation sites (tertiary alicyclic amines) is 1. The van der Waals surface area contributed by atoms with Crippen LogP contribution in [0.3, 0.4) is 0 Å². The zero-order valence-electron chi connectivity index (χ0n) is 13.2. The molecule has 2 N–H and O–H groups in total. The van der Waals surface area contributed by atoms with Crippen molar-refractivity contribution in [2.75, 3.05) is 11.9 Å². The first kappa shape index (κ1) is 15.3. The molecule has 2 aromatic heterocycles. The van der Waals surface area contributed by atoms with Crippen molar-refractivity contribution in [3.63, 3.8) is 0 Å². The molecule has 1 aliphatic rings. The highest BCUT2D eigenvalue weighted by molar-refractivity contribution is 5.94. The van der Waals surface area contributed by atoms with Crippen molar-refractivity contribution in [1.29, 1.82) is 0 Å². The first-order valence-corrected chi connectivity index (χ1v) is 7.68. The number of hydrogen-bond donors (Lipinski definition) is 2. The van der Waals surface area contributed by atoms with Crippen LogP contribution in [-0.2, 0) is 16.6 Å². The van der Waals surface area contributed by atoms with E-state index in [1.165, 1.54) is 0 Å². The maximum atomic E-state index is 12.7. The fourth-order valence-corrected chi connectivity index (χ4v) is 3.14. The molecule has 0 bridgehead atoms. The van der Waals surface area contributed by atoms with Crippen molar-refractivity contribution in [2.45, 2.75) is 25.8 Å². The third-order valence-electron chi connectivity index (χ3n) is 4.27. The third kappa shape index (κ3) is 2.84. The van der Waals surface area contributed by atoms with E-state index in [4.69, 9.17) is 0 Å². The van der Waals surface area contributed by atoms with Crippen LogP contribution >= 0.6 is 0 Å². The molecular formula is C15H20N6O2. The Bertz CT molecular complexity index is 693. The molecule has 8 heteroatoms. The minimum atomic E-state index is -0.354. The second-order valence-electron chi connectivity index (χ2n) is 5.64. The summed E-state index contributed by atoms with van der Waals surface area (Å²) >= 11 is 0. The van der Waals surface area contributed by atoms with Crippen LogP contribution in [-0.4, -0.2) is 43.0 Å². The Morgan fingerprint density at radius 1 is 1.52 bits per heavy atom. The van der Waals surface area contributed by atoms with E-state index in [0.717, 1.165) is 5.82 Å². The van der Waals surface area contributed by atoms with Gasteiger partial charge in [-0.1, -0.05) is 0 Å². The van der Waals surface area contributed by atoms with Crippen LogP contribution in [0.5, 0.6) is 0 Å². The molecule has 0 radical (unpaired) electrons. The lowest BCUT2D eigenvalue weighted by molar-refractivity contribution is -0.142. The number of H-pyrrole nitrogens is 1. The van der Waals surface area contributed by atoms with Gasteiger partial charge in [0.2, 0.25) is 11.8 Å². The van der Waals surface area contributed by atoms with Crippen molar-refractivity contribution in [1.82, 2.24) is 24.6 Å². The van der Waals surface area contributed by atoms with Crippen LogP contribution in [0.25, 0.3) is 0 Å². The monoisotopic (exact) mass is 316 g/mol. The molecule has 0 saturated carbocycles. The Kier molecular flexibility index (Phi) is 4.14. The Morgan fingerprint density at radius 3 is 2.96 bits per heavy atom. The van der Waals surface area contributed by atoms with Crippen LogP contribution in [0.2, 0.25) is 0 Å². The highest BCUT2D eigenvalue weighted by atomic mass is 16.2. The van der Waals surface area contributed by atoms with E-state index in [9.17, 15) is 9.59 Å². The van der Waals surface area contributed by atoms with E-state index < -0.39 is 0 Å². The number of nitrogens with zero attached hydrogens (tertiary/aromatic N) is 4. The normalized spacial score (nSPS) is 21.5. The van der Waals surface area contributed by atoms with E-state index in [1.54, 1.807) is 23.5 Å². The van der Waals surface area contributed by atoms with Crippen LogP contribution in [0.4, 0.5) is 5.69 Å². The van der Waals surface area contributed by atoms with Gasteiger partial charge in [0, 0.05) is 38.6 Å². The van der Waals surface area contributed by atoms with Gasteiger partial charge in [0.25, 0.3) is 0 Å². The number of nitrogens with one attached hydrogen (secondary N) is 2. The molecule has 0 spiro atoms. The van der Waals surface area contributed by atoms with Crippen molar-refractivity contribution < 1.29 is 9.59 Å². The molecular weight excluding hydrogens is 296 g/mol. The van der Waals surface area contributed by atoms with Crippen molar-refractivity contribution in [3.05, 3.63) is 30.6 Å². The standard InChI is InChI=1S/C15H20N6O2/c1-3-21-12(22)5-4-11(13(21)14-16-6-7-20(14)2)15(23)19-10-8-17-18-9-10/h6-9,11,13H,3-5H2,1-2H3,(H,17,18)(H,19,23)/t11-,13-/m0/s1. The smallest absolute Gasteiger partial charge is 0.230 e. The van der Waals surface area contributed by atoms with E-state index in [2.05, 4.69) is 20.5 Å². The average Bonchev–Trinajstić information content (AvgIpc) is 3.18. The SMILES string of the molecule is CCN1C(=O)CC[C@H](C(=O)Nc2cn[nH]c2)[C@H]1c1nccn1C. The summed E-state index contributed by atoms with van der Waals surface area (Å²) in [7, 11) is 1.88. The Labute approximate surface area is 133 Å². The zero-order chi connectivity index (χ0) is 16.4. The van der Waals surface area contributed by atoms with Crippen molar-refractivity contribution in [3.8, 4) is 0 Å². The summed E-state index contributed by atoms with van der Waals surface area (Å²) in [6.07, 6.45) is 7.58.